The summed E-state index contributed by atoms with van der Waals surface area (Å²) in [6.07, 6.45) is 3.41. The molecule has 626 valence electrons. The number of carbonyl (C=O) groups excluding carboxylic acids is 5. The van der Waals surface area contributed by atoms with Gasteiger partial charge < -0.3 is 28.5 Å². The SMILES string of the molecule is Brc1ccccn1.CC1(C)OB(c2ccc3c(c2)C(=O)OC3=O)OC1(C)C.O=C1OC(=O)c2cc(-c3ccccn3)ccc21.O=[C-]OO.[K].[K].[Pd].c1ccc(P(c2ccccc2)c2ccccc2)cc1.c1ccc(P(c2ccccc2)c2ccccc2)cc1.c1ccc(P(c2ccccc2)c2ccccc2)cc1.c1ccc(P(c2ccccc2)c2ccccc2)cc1. The average molecular weight is 1950 g/mol. The molecule has 3 aliphatic heterocycles. The molecule has 0 atom stereocenters. The minimum absolute atomic E-state index is 0. The Balaban J connectivity index is 0.000000167. The summed E-state index contributed by atoms with van der Waals surface area (Å²) in [5.74, 6) is -2.41. The van der Waals surface area contributed by atoms with Gasteiger partial charge in [-0.2, -0.15) is 0 Å². The molecular weight excluding hydrogens is 1860 g/mol. The van der Waals surface area contributed by atoms with Crippen LogP contribution in [0.15, 0.2) is 454 Å². The number of ether oxygens (including phenoxy) is 2. The van der Waals surface area contributed by atoms with Gasteiger partial charge in [0.15, 0.2) is 0 Å². The van der Waals surface area contributed by atoms with Crippen LogP contribution in [0.3, 0.4) is 0 Å². The Morgan fingerprint density at radius 2 is 0.528 bits per heavy atom. The van der Waals surface area contributed by atoms with Gasteiger partial charge in [0, 0.05) is 141 Å². The maximum atomic E-state index is 11.6. The standard InChI is InChI=1S/4C18H15P.C14H15BO5.C13H7NO3.C5H4BrN.CHO3.2K.Pd/c4*1-4-10-16(11-5-1)19(17-12-6-2-7-13-17)18-14-8-3-9-15-18;1-13(2)14(3,4)20-15(19-13)8-5-6-9-10(7-8)12(17)18-11(9)16;15-12-9-5-4-8(7-10(9)13(16)17-12)11-3-1-2-6-14-11;6-5-3-1-2-4-7-5;2-1-4-3;;;/h4*1-15H;5-7H,1-4H3;1-7H;1-4H;3H;;;/q;;;;;;;-1;;;. The molecular formula is C105H87BBrK2N2O11P4Pd-. The Morgan fingerprint density at radius 3 is 0.740 bits per heavy atom. The molecule has 1 fully saturated rings. The van der Waals surface area contributed by atoms with Crippen LogP contribution in [0.2, 0.25) is 0 Å². The molecule has 13 nitrogen and oxygen atoms in total. The van der Waals surface area contributed by atoms with Crippen molar-refractivity contribution in [1.29, 1.82) is 0 Å². The summed E-state index contributed by atoms with van der Waals surface area (Å²) in [6, 6.07) is 150. The zero-order valence-corrected chi connectivity index (χ0v) is 83.7. The fourth-order valence-corrected chi connectivity index (χ4v) is 22.6. The fraction of sp³-hybridized carbons (Fsp3) is 0.0571. The van der Waals surface area contributed by atoms with E-state index >= 15 is 0 Å². The van der Waals surface area contributed by atoms with E-state index in [1.54, 1.807) is 48.8 Å². The summed E-state index contributed by atoms with van der Waals surface area (Å²) in [4.78, 5) is 65.0. The Bertz CT molecular complexity index is 5140. The van der Waals surface area contributed by atoms with E-state index in [9.17, 15) is 19.2 Å². The molecule has 22 heteroatoms. The molecule has 0 bridgehead atoms. The second-order valence-corrected chi connectivity index (χ2v) is 38.1. The number of fused-ring (bicyclic) bond motifs is 2. The molecule has 0 spiro atoms. The van der Waals surface area contributed by atoms with Crippen LogP contribution >= 0.6 is 47.6 Å². The van der Waals surface area contributed by atoms with Gasteiger partial charge >= 0.3 is 31.0 Å². The molecule has 16 aromatic rings. The van der Waals surface area contributed by atoms with E-state index in [0.717, 1.165) is 22.3 Å². The normalized spacial score (nSPS) is 12.4. The maximum absolute atomic E-state index is 11.6. The smallest absolute Gasteiger partial charge is 0.494 e. The van der Waals surface area contributed by atoms with Crippen LogP contribution in [0.25, 0.3) is 11.3 Å². The van der Waals surface area contributed by atoms with E-state index in [1.807, 2.05) is 64.1 Å². The number of benzene rings is 14. The van der Waals surface area contributed by atoms with Crippen molar-refractivity contribution in [3.05, 3.63) is 476 Å². The first-order valence-electron chi connectivity index (χ1n) is 39.7. The van der Waals surface area contributed by atoms with Crippen LogP contribution in [0.5, 0.6) is 0 Å². The topological polar surface area (TPSA) is 178 Å². The Morgan fingerprint density at radius 1 is 0.307 bits per heavy atom. The first-order chi connectivity index (χ1) is 60.6. The molecule has 0 aliphatic carbocycles. The third kappa shape index (κ3) is 29.6. The number of hydrogen-bond donors (Lipinski definition) is 1. The number of nitrogens with zero attached hydrogens (tertiary/aromatic N) is 2. The number of carbonyl (C=O) groups is 4. The summed E-state index contributed by atoms with van der Waals surface area (Å²) < 4.78 is 21.8. The summed E-state index contributed by atoms with van der Waals surface area (Å²) in [5, 5.41) is 23.7. The van der Waals surface area contributed by atoms with Crippen molar-refractivity contribution < 1.29 is 73.3 Å². The number of esters is 4. The van der Waals surface area contributed by atoms with Gasteiger partial charge in [-0.05, 0) is 199 Å². The fourth-order valence-electron chi connectivity index (χ4n) is 13.1. The molecule has 2 aromatic heterocycles. The minimum atomic E-state index is -0.622. The van der Waals surface area contributed by atoms with Crippen molar-refractivity contribution in [1.82, 2.24) is 9.97 Å². The first-order valence-corrected chi connectivity index (χ1v) is 45.9. The van der Waals surface area contributed by atoms with Crippen molar-refractivity contribution in [2.75, 3.05) is 0 Å². The van der Waals surface area contributed by atoms with Crippen molar-refractivity contribution in [2.24, 2.45) is 0 Å². The molecule has 3 aliphatic rings. The van der Waals surface area contributed by atoms with Crippen molar-refractivity contribution in [3.8, 4) is 11.3 Å². The van der Waals surface area contributed by atoms with E-state index in [2.05, 4.69) is 404 Å². The average Bonchev–Trinajstić information content (AvgIpc) is 1.61. The maximum Gasteiger partial charge on any atom is 0.494 e. The molecule has 2 radical (unpaired) electrons. The van der Waals surface area contributed by atoms with Crippen LogP contribution in [0.1, 0.15) is 69.1 Å². The number of aromatic nitrogens is 2. The predicted molar refractivity (Wildman–Crippen MR) is 525 cm³/mol. The van der Waals surface area contributed by atoms with Crippen LogP contribution in [-0.4, -0.2) is 167 Å². The van der Waals surface area contributed by atoms with Gasteiger partial charge in [-0.15, -0.1) is 0 Å². The van der Waals surface area contributed by atoms with Gasteiger partial charge in [-0.1, -0.05) is 388 Å². The summed E-state index contributed by atoms with van der Waals surface area (Å²) in [6.45, 7) is 8.56. The Labute approximate surface area is 855 Å². The first kappa shape index (κ1) is 102. The summed E-state index contributed by atoms with van der Waals surface area (Å²) in [7, 11) is -2.35. The monoisotopic (exact) mass is 1950 g/mol. The van der Waals surface area contributed by atoms with Crippen molar-refractivity contribution >= 4 is 257 Å². The third-order valence-corrected chi connectivity index (χ3v) is 29.9. The van der Waals surface area contributed by atoms with Crippen LogP contribution in [0, 0.1) is 0 Å². The molecule has 5 heterocycles. The molecule has 0 amide bonds. The molecule has 14 aromatic carbocycles. The zero-order valence-electron chi connectivity index (χ0n) is 70.7. The van der Waals surface area contributed by atoms with Crippen LogP contribution < -0.4 is 69.1 Å². The van der Waals surface area contributed by atoms with Gasteiger partial charge in [-0.25, -0.2) is 29.4 Å². The molecule has 19 rings (SSSR count). The third-order valence-electron chi connectivity index (χ3n) is 19.6. The van der Waals surface area contributed by atoms with E-state index in [-0.39, 0.29) is 134 Å². The van der Waals surface area contributed by atoms with Crippen molar-refractivity contribution in [2.45, 2.75) is 38.9 Å². The van der Waals surface area contributed by atoms with Gasteiger partial charge in [0.2, 0.25) is 0 Å². The van der Waals surface area contributed by atoms with Gasteiger partial charge in [0.1, 0.15) is 4.60 Å². The molecule has 0 unspecified atom stereocenters. The van der Waals surface area contributed by atoms with E-state index in [4.69, 9.17) is 19.4 Å². The predicted octanol–water partition coefficient (Wildman–Crippen LogP) is 17.8. The van der Waals surface area contributed by atoms with Crippen LogP contribution in [0.4, 0.5) is 0 Å². The van der Waals surface area contributed by atoms with Gasteiger partial charge in [0.25, 0.3) is 0 Å². The Kier molecular flexibility index (Phi) is 42.8. The van der Waals surface area contributed by atoms with Gasteiger partial charge in [0.05, 0.1) is 39.1 Å². The second-order valence-electron chi connectivity index (χ2n) is 28.4. The van der Waals surface area contributed by atoms with E-state index in [1.165, 1.54) is 63.7 Å². The number of halogens is 1. The summed E-state index contributed by atoms with van der Waals surface area (Å²) in [5.41, 5.74) is 2.51. The largest absolute Gasteiger partial charge is 0.509 e. The number of pyridine rings is 2. The number of hydrogen-bond acceptors (Lipinski definition) is 13. The minimum Gasteiger partial charge on any atom is -0.509 e. The molecule has 1 N–H and O–H groups in total. The van der Waals surface area contributed by atoms with Crippen LogP contribution in [-0.2, 0) is 48.9 Å². The molecule has 1 saturated heterocycles. The zero-order chi connectivity index (χ0) is 86.7. The molecule has 127 heavy (non-hydrogen) atoms. The van der Waals surface area contributed by atoms with Gasteiger partial charge in [-0.3, -0.25) is 4.98 Å². The summed E-state index contributed by atoms with van der Waals surface area (Å²) >= 11 is 3.20. The number of rotatable bonds is 15. The number of cyclic esters (lactones) is 4. The molecule has 0 saturated carbocycles. The van der Waals surface area contributed by atoms with Crippen molar-refractivity contribution in [3.63, 3.8) is 0 Å². The quantitative estimate of drug-likeness (QED) is 0.0118. The van der Waals surface area contributed by atoms with E-state index in [0.29, 0.717) is 16.6 Å². The second kappa shape index (κ2) is 53.4. The van der Waals surface area contributed by atoms with E-state index < -0.39 is 73.9 Å². The Hall–Kier alpha value is -8.79.